The Morgan fingerprint density at radius 2 is 1.24 bits per heavy atom. The highest BCUT2D eigenvalue weighted by molar-refractivity contribution is 7.80. The molecule has 0 saturated heterocycles. The molecule has 124 valence electrons. The summed E-state index contributed by atoms with van der Waals surface area (Å²) in [5.74, 6) is 0.708. The van der Waals surface area contributed by atoms with Crippen LogP contribution in [-0.2, 0) is 0 Å². The molecule has 0 bridgehead atoms. The first-order valence-corrected chi connectivity index (χ1v) is 8.45. The lowest BCUT2D eigenvalue weighted by molar-refractivity contribution is 1.45. The van der Waals surface area contributed by atoms with Crippen LogP contribution in [0.1, 0.15) is 11.1 Å². The number of benzene rings is 3. The van der Waals surface area contributed by atoms with Crippen LogP contribution in [-0.4, -0.2) is 10.9 Å². The number of thiocarbonyl (C=S) groups is 1. The number of nitrogens with one attached hydrogen (secondary N) is 2. The van der Waals surface area contributed by atoms with E-state index in [-0.39, 0.29) is 0 Å². The maximum atomic E-state index is 5.42. The van der Waals surface area contributed by atoms with Gasteiger partial charge in [0.15, 0.2) is 5.11 Å². The van der Waals surface area contributed by atoms with Crippen molar-refractivity contribution in [2.24, 2.45) is 4.99 Å². The van der Waals surface area contributed by atoms with E-state index in [1.165, 1.54) is 5.56 Å². The molecular formula is C21H19N3S. The summed E-state index contributed by atoms with van der Waals surface area (Å²) in [6.45, 7) is 2.06. The van der Waals surface area contributed by atoms with Gasteiger partial charge in [-0.15, -0.1) is 0 Å². The number of hydrogen-bond donors (Lipinski definition) is 2. The molecule has 3 nitrogen and oxygen atoms in total. The molecule has 0 radical (unpaired) electrons. The van der Waals surface area contributed by atoms with Crippen LogP contribution < -0.4 is 10.6 Å². The molecule has 3 rings (SSSR count). The molecule has 3 aromatic carbocycles. The van der Waals surface area contributed by atoms with Crippen LogP contribution in [0.25, 0.3) is 0 Å². The van der Waals surface area contributed by atoms with E-state index in [0.717, 1.165) is 16.9 Å². The van der Waals surface area contributed by atoms with E-state index in [1.807, 2.05) is 72.8 Å². The molecule has 0 atom stereocenters. The molecule has 0 aliphatic heterocycles. The summed E-state index contributed by atoms with van der Waals surface area (Å²) in [7, 11) is 0. The van der Waals surface area contributed by atoms with Gasteiger partial charge in [0.1, 0.15) is 5.84 Å². The number of amidine groups is 1. The van der Waals surface area contributed by atoms with Gasteiger partial charge in [-0.3, -0.25) is 0 Å². The van der Waals surface area contributed by atoms with Crippen molar-refractivity contribution in [2.75, 3.05) is 10.6 Å². The van der Waals surface area contributed by atoms with Crippen molar-refractivity contribution in [1.29, 1.82) is 0 Å². The first-order valence-electron chi connectivity index (χ1n) is 8.04. The van der Waals surface area contributed by atoms with Gasteiger partial charge in [0.2, 0.25) is 0 Å². The van der Waals surface area contributed by atoms with Crippen molar-refractivity contribution >= 4 is 34.5 Å². The summed E-state index contributed by atoms with van der Waals surface area (Å²) in [5.41, 5.74) is 4.06. The fraction of sp³-hybridized carbons (Fsp3) is 0.0476. The summed E-state index contributed by atoms with van der Waals surface area (Å²) >= 11 is 5.42. The average Bonchev–Trinajstić information content (AvgIpc) is 2.63. The highest BCUT2D eigenvalue weighted by Gasteiger charge is 2.06. The first-order chi connectivity index (χ1) is 12.2. The second-order valence-corrected chi connectivity index (χ2v) is 6.00. The highest BCUT2D eigenvalue weighted by atomic mass is 32.1. The standard InChI is InChI=1S/C21H19N3S/c1-16-12-14-17(15-13-16)20(22-18-8-4-2-5-9-18)24-21(25)23-19-10-6-3-7-11-19/h2-15H,1H3,(H2,22,23,24,25). The third-order valence-corrected chi connectivity index (χ3v) is 3.79. The third-order valence-electron chi connectivity index (χ3n) is 3.60. The number of para-hydroxylation sites is 2. The lowest BCUT2D eigenvalue weighted by atomic mass is 10.1. The number of aliphatic imine (C=N–C) groups is 1. The molecule has 0 fully saturated rings. The zero-order chi connectivity index (χ0) is 17.5. The van der Waals surface area contributed by atoms with Crippen molar-refractivity contribution in [1.82, 2.24) is 0 Å². The molecule has 0 spiro atoms. The van der Waals surface area contributed by atoms with E-state index in [9.17, 15) is 0 Å². The van der Waals surface area contributed by atoms with Crippen molar-refractivity contribution < 1.29 is 0 Å². The van der Waals surface area contributed by atoms with Crippen LogP contribution in [0.3, 0.4) is 0 Å². The Balaban J connectivity index is 1.87. The summed E-state index contributed by atoms with van der Waals surface area (Å²) in [6.07, 6.45) is 0. The van der Waals surface area contributed by atoms with Gasteiger partial charge in [-0.05, 0) is 43.4 Å². The Hall–Kier alpha value is -2.98. The maximum absolute atomic E-state index is 5.42. The summed E-state index contributed by atoms with van der Waals surface area (Å²) in [6, 6.07) is 27.9. The van der Waals surface area contributed by atoms with Gasteiger partial charge < -0.3 is 10.6 Å². The van der Waals surface area contributed by atoms with Crippen molar-refractivity contribution in [3.8, 4) is 0 Å². The van der Waals surface area contributed by atoms with E-state index >= 15 is 0 Å². The Morgan fingerprint density at radius 1 is 0.720 bits per heavy atom. The van der Waals surface area contributed by atoms with Gasteiger partial charge in [0, 0.05) is 16.9 Å². The predicted molar refractivity (Wildman–Crippen MR) is 110 cm³/mol. The fourth-order valence-corrected chi connectivity index (χ4v) is 2.52. The highest BCUT2D eigenvalue weighted by Crippen LogP contribution is 2.12. The fourth-order valence-electron chi connectivity index (χ4n) is 2.31. The van der Waals surface area contributed by atoms with E-state index in [1.54, 1.807) is 0 Å². The van der Waals surface area contributed by atoms with E-state index < -0.39 is 0 Å². The van der Waals surface area contributed by atoms with Gasteiger partial charge in [-0.1, -0.05) is 66.2 Å². The molecule has 3 aromatic rings. The largest absolute Gasteiger partial charge is 0.340 e. The molecule has 0 heterocycles. The first kappa shape index (κ1) is 16.9. The van der Waals surface area contributed by atoms with Gasteiger partial charge >= 0.3 is 0 Å². The molecule has 0 amide bonds. The molecule has 0 aliphatic rings. The van der Waals surface area contributed by atoms with Crippen molar-refractivity contribution in [2.45, 2.75) is 6.92 Å². The summed E-state index contributed by atoms with van der Waals surface area (Å²) in [5, 5.41) is 6.90. The third kappa shape index (κ3) is 4.99. The van der Waals surface area contributed by atoms with Crippen LogP contribution in [0.4, 0.5) is 11.4 Å². The lowest BCUT2D eigenvalue weighted by Gasteiger charge is -2.12. The van der Waals surface area contributed by atoms with Gasteiger partial charge in [-0.2, -0.15) is 0 Å². The van der Waals surface area contributed by atoms with Gasteiger partial charge in [0.25, 0.3) is 0 Å². The zero-order valence-corrected chi connectivity index (χ0v) is 14.8. The smallest absolute Gasteiger partial charge is 0.199 e. The second-order valence-electron chi connectivity index (χ2n) is 5.61. The number of hydrogen-bond acceptors (Lipinski definition) is 1. The minimum atomic E-state index is 0.408. The van der Waals surface area contributed by atoms with E-state index in [2.05, 4.69) is 34.7 Å². The molecule has 0 unspecified atom stereocenters. The zero-order valence-electron chi connectivity index (χ0n) is 13.9. The maximum Gasteiger partial charge on any atom is 0.199 e. The van der Waals surface area contributed by atoms with Crippen LogP contribution in [0.5, 0.6) is 0 Å². The van der Waals surface area contributed by atoms with Crippen molar-refractivity contribution in [3.05, 3.63) is 96.1 Å². The lowest BCUT2D eigenvalue weighted by Crippen LogP contribution is -2.18. The predicted octanol–water partition coefficient (Wildman–Crippen LogP) is 5.25. The molecule has 0 saturated carbocycles. The number of nitrogens with zero attached hydrogens (tertiary/aromatic N) is 1. The van der Waals surface area contributed by atoms with Crippen molar-refractivity contribution in [3.63, 3.8) is 0 Å². The summed E-state index contributed by atoms with van der Waals surface area (Å²) in [4.78, 5) is 4.59. The average molecular weight is 345 g/mol. The van der Waals surface area contributed by atoms with Gasteiger partial charge in [0.05, 0.1) is 0 Å². The Kier molecular flexibility index (Phi) is 5.54. The molecule has 0 aromatic heterocycles. The SMILES string of the molecule is Cc1ccc(/C(=N\C(=S)Nc2ccccc2)Nc2ccccc2)cc1. The minimum Gasteiger partial charge on any atom is -0.340 e. The molecule has 2 N–H and O–H groups in total. The molecular weight excluding hydrogens is 326 g/mol. The van der Waals surface area contributed by atoms with E-state index in [0.29, 0.717) is 10.9 Å². The number of anilines is 2. The number of aryl methyl sites for hydroxylation is 1. The topological polar surface area (TPSA) is 36.4 Å². The summed E-state index contributed by atoms with van der Waals surface area (Å²) < 4.78 is 0. The minimum absolute atomic E-state index is 0.408. The Labute approximate surface area is 153 Å². The Bertz CT molecular complexity index is 857. The monoisotopic (exact) mass is 345 g/mol. The molecule has 25 heavy (non-hydrogen) atoms. The second kappa shape index (κ2) is 8.22. The molecule has 0 aliphatic carbocycles. The van der Waals surface area contributed by atoms with Crippen LogP contribution in [0, 0.1) is 6.92 Å². The Morgan fingerprint density at radius 3 is 1.80 bits per heavy atom. The quantitative estimate of drug-likeness (QED) is 0.387. The van der Waals surface area contributed by atoms with Crippen LogP contribution >= 0.6 is 12.2 Å². The van der Waals surface area contributed by atoms with Gasteiger partial charge in [-0.25, -0.2) is 4.99 Å². The van der Waals surface area contributed by atoms with Crippen LogP contribution in [0.15, 0.2) is 89.9 Å². The molecule has 4 heteroatoms. The van der Waals surface area contributed by atoms with E-state index in [4.69, 9.17) is 12.2 Å². The van der Waals surface area contributed by atoms with Crippen LogP contribution in [0.2, 0.25) is 0 Å². The normalized spacial score (nSPS) is 11.0. The number of rotatable bonds is 3.